The first kappa shape index (κ1) is 22.2. The molecular weight excluding hydrogens is 470 g/mol. The number of benzene rings is 2. The second-order valence-electron chi connectivity index (χ2n) is 7.90. The van der Waals surface area contributed by atoms with Crippen LogP contribution in [0, 0.1) is 0 Å². The molecule has 1 aliphatic carbocycles. The van der Waals surface area contributed by atoms with E-state index in [9.17, 15) is 14.4 Å². The van der Waals surface area contributed by atoms with E-state index in [0.29, 0.717) is 21.5 Å². The first-order chi connectivity index (χ1) is 16.5. The number of hydrogen-bond donors (Lipinski definition) is 3. The topological polar surface area (TPSA) is 119 Å². The van der Waals surface area contributed by atoms with Crippen molar-refractivity contribution in [2.45, 2.75) is 24.0 Å². The number of para-hydroxylation sites is 1. The summed E-state index contributed by atoms with van der Waals surface area (Å²) in [5.74, 6) is 5.49. The van der Waals surface area contributed by atoms with Gasteiger partial charge in [-0.05, 0) is 30.5 Å². The summed E-state index contributed by atoms with van der Waals surface area (Å²) in [6.45, 7) is 0. The molecule has 1 fully saturated rings. The van der Waals surface area contributed by atoms with E-state index >= 15 is 0 Å². The highest BCUT2D eigenvalue weighted by Gasteiger charge is 2.25. The molecule has 0 spiro atoms. The van der Waals surface area contributed by atoms with Gasteiger partial charge >= 0.3 is 0 Å². The van der Waals surface area contributed by atoms with Gasteiger partial charge in [0.05, 0.1) is 22.4 Å². The van der Waals surface area contributed by atoms with Crippen molar-refractivity contribution < 1.29 is 9.59 Å². The Hall–Kier alpha value is -3.63. The molecule has 1 saturated carbocycles. The number of aromatic nitrogens is 2. The first-order valence-electron chi connectivity index (χ1n) is 10.7. The highest BCUT2D eigenvalue weighted by Crippen LogP contribution is 2.31. The predicted molar refractivity (Wildman–Crippen MR) is 136 cm³/mol. The molecule has 0 bridgehead atoms. The molecule has 34 heavy (non-hydrogen) atoms. The molecule has 0 atom stereocenters. The molecule has 8 nitrogen and oxygen atoms in total. The number of anilines is 1. The zero-order chi connectivity index (χ0) is 23.7. The van der Waals surface area contributed by atoms with Crippen LogP contribution < -0.4 is 22.0 Å². The second kappa shape index (κ2) is 9.32. The Labute approximate surface area is 203 Å². The minimum Gasteiger partial charge on any atom is -0.349 e. The van der Waals surface area contributed by atoms with Crippen LogP contribution in [0.3, 0.4) is 0 Å². The Bertz CT molecular complexity index is 1440. The van der Waals surface area contributed by atoms with Crippen molar-refractivity contribution in [2.75, 3.05) is 16.9 Å². The van der Waals surface area contributed by atoms with Crippen LogP contribution in [-0.4, -0.2) is 33.3 Å². The van der Waals surface area contributed by atoms with Gasteiger partial charge in [-0.25, -0.2) is 9.66 Å². The quantitative estimate of drug-likeness (QED) is 0.207. The summed E-state index contributed by atoms with van der Waals surface area (Å²) in [5.41, 5.74) is 2.18. The van der Waals surface area contributed by atoms with Crippen molar-refractivity contribution >= 4 is 50.8 Å². The maximum absolute atomic E-state index is 13.0. The van der Waals surface area contributed by atoms with Crippen molar-refractivity contribution in [1.82, 2.24) is 15.0 Å². The fraction of sp³-hybridized carbons (Fsp3) is 0.167. The summed E-state index contributed by atoms with van der Waals surface area (Å²) < 4.78 is 0.983. The lowest BCUT2D eigenvalue weighted by Crippen LogP contribution is -2.30. The summed E-state index contributed by atoms with van der Waals surface area (Å²) in [4.78, 5) is 43.2. The van der Waals surface area contributed by atoms with Gasteiger partial charge < -0.3 is 16.5 Å². The Morgan fingerprint density at radius 1 is 1.12 bits per heavy atom. The number of hydrogen-bond acceptors (Lipinski definition) is 7. The minimum atomic E-state index is -0.366. The molecule has 10 heteroatoms. The summed E-state index contributed by atoms with van der Waals surface area (Å²) >= 11 is 2.42. The first-order valence-corrected chi connectivity index (χ1v) is 12.5. The number of rotatable bonds is 7. The smallest absolute Gasteiger partial charge is 0.282 e. The van der Waals surface area contributed by atoms with Crippen LogP contribution in [0.1, 0.15) is 23.2 Å². The number of thioether (sulfide) groups is 1. The number of nitrogens with zero attached hydrogens (tertiary/aromatic N) is 2. The maximum atomic E-state index is 13.0. The van der Waals surface area contributed by atoms with Crippen molar-refractivity contribution in [2.24, 2.45) is 0 Å². The number of nitrogens with two attached hydrogens (primary N) is 1. The van der Waals surface area contributed by atoms with E-state index < -0.39 is 0 Å². The van der Waals surface area contributed by atoms with Crippen molar-refractivity contribution in [3.05, 3.63) is 75.9 Å². The van der Waals surface area contributed by atoms with Gasteiger partial charge in [-0.15, -0.1) is 11.3 Å². The van der Waals surface area contributed by atoms with Crippen LogP contribution in [-0.2, 0) is 4.79 Å². The van der Waals surface area contributed by atoms with Gasteiger partial charge in [0, 0.05) is 17.0 Å². The van der Waals surface area contributed by atoms with Crippen LogP contribution in [0.25, 0.3) is 21.3 Å². The Balaban J connectivity index is 1.32. The molecule has 0 aliphatic heterocycles. The van der Waals surface area contributed by atoms with Gasteiger partial charge in [-0.1, -0.05) is 54.2 Å². The molecule has 4 N–H and O–H groups in total. The van der Waals surface area contributed by atoms with Crippen LogP contribution in [0.4, 0.5) is 5.69 Å². The third-order valence-corrected chi connectivity index (χ3v) is 7.21. The van der Waals surface area contributed by atoms with E-state index in [0.717, 1.165) is 40.4 Å². The van der Waals surface area contributed by atoms with Gasteiger partial charge in [0.15, 0.2) is 5.16 Å². The average molecular weight is 492 g/mol. The SMILES string of the molecule is Nn1c(SCC(=O)Nc2ccccc2C(=O)NC2CC2)nc2scc(-c3ccccc3)c2c1=O. The molecule has 4 aromatic rings. The molecule has 2 aromatic carbocycles. The lowest BCUT2D eigenvalue weighted by atomic mass is 10.1. The summed E-state index contributed by atoms with van der Waals surface area (Å²) in [5, 5.41) is 8.30. The van der Waals surface area contributed by atoms with Gasteiger partial charge in [0.2, 0.25) is 5.91 Å². The van der Waals surface area contributed by atoms with E-state index in [2.05, 4.69) is 15.6 Å². The average Bonchev–Trinajstić information content (AvgIpc) is 3.56. The largest absolute Gasteiger partial charge is 0.349 e. The number of fused-ring (bicyclic) bond motifs is 1. The van der Waals surface area contributed by atoms with Crippen molar-refractivity contribution in [1.29, 1.82) is 0 Å². The molecule has 2 amide bonds. The highest BCUT2D eigenvalue weighted by atomic mass is 32.2. The lowest BCUT2D eigenvalue weighted by molar-refractivity contribution is -0.113. The number of nitrogen functional groups attached to an aromatic ring is 1. The minimum absolute atomic E-state index is 0.0232. The van der Waals surface area contributed by atoms with Gasteiger partial charge in [-0.2, -0.15) is 0 Å². The molecule has 2 heterocycles. The summed E-state index contributed by atoms with van der Waals surface area (Å²) in [6, 6.07) is 16.7. The molecule has 0 radical (unpaired) electrons. The van der Waals surface area contributed by atoms with Crippen LogP contribution >= 0.6 is 23.1 Å². The number of carbonyl (C=O) groups excluding carboxylic acids is 2. The van der Waals surface area contributed by atoms with Crippen molar-refractivity contribution in [3.63, 3.8) is 0 Å². The van der Waals surface area contributed by atoms with Gasteiger partial charge in [0.1, 0.15) is 4.83 Å². The molecule has 172 valence electrons. The molecule has 5 rings (SSSR count). The van der Waals surface area contributed by atoms with E-state index in [-0.39, 0.29) is 34.3 Å². The van der Waals surface area contributed by atoms with E-state index in [4.69, 9.17) is 5.84 Å². The number of thiophene rings is 1. The van der Waals surface area contributed by atoms with Gasteiger partial charge in [-0.3, -0.25) is 14.4 Å². The van der Waals surface area contributed by atoms with Crippen LogP contribution in [0.2, 0.25) is 0 Å². The zero-order valence-corrected chi connectivity index (χ0v) is 19.6. The summed E-state index contributed by atoms with van der Waals surface area (Å²) in [7, 11) is 0. The monoisotopic (exact) mass is 491 g/mol. The third-order valence-electron chi connectivity index (χ3n) is 5.38. The van der Waals surface area contributed by atoms with E-state index in [1.165, 1.54) is 11.3 Å². The lowest BCUT2D eigenvalue weighted by Gasteiger charge is -2.11. The Kier molecular flexibility index (Phi) is 6.08. The van der Waals surface area contributed by atoms with Gasteiger partial charge in [0.25, 0.3) is 11.5 Å². The zero-order valence-electron chi connectivity index (χ0n) is 18.0. The molecular formula is C24H21N5O3S2. The third kappa shape index (κ3) is 4.55. The number of nitrogens with one attached hydrogen (secondary N) is 2. The van der Waals surface area contributed by atoms with E-state index in [1.54, 1.807) is 24.3 Å². The van der Waals surface area contributed by atoms with Crippen LogP contribution in [0.15, 0.2) is 69.9 Å². The molecule has 1 aliphatic rings. The standard InChI is InChI=1S/C24H21N5O3S2/c25-29-23(32)20-17(14-6-2-1-3-7-14)12-33-22(20)28-24(29)34-13-19(30)27-18-9-5-4-8-16(18)21(31)26-15-10-11-15/h1-9,12,15H,10-11,13,25H2,(H,26,31)(H,27,30). The number of amides is 2. The Morgan fingerprint density at radius 2 is 1.85 bits per heavy atom. The highest BCUT2D eigenvalue weighted by molar-refractivity contribution is 7.99. The second-order valence-corrected chi connectivity index (χ2v) is 9.70. The van der Waals surface area contributed by atoms with Crippen LogP contribution in [0.5, 0.6) is 0 Å². The normalized spacial score (nSPS) is 13.1. The fourth-order valence-corrected chi connectivity index (χ4v) is 5.22. The Morgan fingerprint density at radius 3 is 2.62 bits per heavy atom. The van der Waals surface area contributed by atoms with E-state index in [1.807, 2.05) is 35.7 Å². The molecule has 0 saturated heterocycles. The summed E-state index contributed by atoms with van der Waals surface area (Å²) in [6.07, 6.45) is 1.96. The molecule has 2 aromatic heterocycles. The molecule has 0 unspecified atom stereocenters. The number of carbonyl (C=O) groups is 2. The predicted octanol–water partition coefficient (Wildman–Crippen LogP) is 3.46. The maximum Gasteiger partial charge on any atom is 0.282 e. The van der Waals surface area contributed by atoms with Crippen molar-refractivity contribution in [3.8, 4) is 11.1 Å². The fourth-order valence-electron chi connectivity index (χ4n) is 3.51.